The van der Waals surface area contributed by atoms with E-state index in [4.69, 9.17) is 14.2 Å². The summed E-state index contributed by atoms with van der Waals surface area (Å²) >= 11 is 0. The number of alkyl carbamates (subject to hydrolysis) is 1. The van der Waals surface area contributed by atoms with Gasteiger partial charge in [-0.2, -0.15) is 0 Å². The molecule has 1 fully saturated rings. The van der Waals surface area contributed by atoms with Crippen LogP contribution in [0, 0.1) is 13.8 Å². The lowest BCUT2D eigenvalue weighted by molar-refractivity contribution is 0.0784. The van der Waals surface area contributed by atoms with E-state index in [2.05, 4.69) is 10.0 Å². The molecule has 1 saturated carbocycles. The van der Waals surface area contributed by atoms with E-state index in [9.17, 15) is 23.1 Å². The first-order valence-corrected chi connectivity index (χ1v) is 16.6. The largest absolute Gasteiger partial charge is 0.490 e. The fourth-order valence-corrected chi connectivity index (χ4v) is 5.99. The number of anilines is 1. The molecule has 1 aliphatic carbocycles. The van der Waals surface area contributed by atoms with Crippen molar-refractivity contribution in [2.24, 2.45) is 7.05 Å². The van der Waals surface area contributed by atoms with E-state index >= 15 is 0 Å². The predicted molar refractivity (Wildman–Crippen MR) is 174 cm³/mol. The lowest BCUT2D eigenvalue weighted by atomic mass is 9.93. The van der Waals surface area contributed by atoms with Crippen LogP contribution in [0.3, 0.4) is 0 Å². The molecule has 1 amide bonds. The minimum Gasteiger partial charge on any atom is -0.490 e. The molecule has 11 nitrogen and oxygen atoms in total. The van der Waals surface area contributed by atoms with Crippen molar-refractivity contribution in [3.05, 3.63) is 69.6 Å². The number of aryl methyl sites for hydroxylation is 3. The van der Waals surface area contributed by atoms with E-state index < -0.39 is 21.7 Å². The monoisotopic (exact) mass is 641 g/mol. The molecule has 0 spiro atoms. The van der Waals surface area contributed by atoms with Crippen molar-refractivity contribution < 1.29 is 32.5 Å². The molecule has 1 aromatic heterocycles. The molecule has 0 atom stereocenters. The summed E-state index contributed by atoms with van der Waals surface area (Å²) in [5, 5.41) is 13.4. The van der Waals surface area contributed by atoms with Gasteiger partial charge in [0.1, 0.15) is 17.2 Å². The Balaban J connectivity index is 1.77. The highest BCUT2D eigenvalue weighted by molar-refractivity contribution is 7.92. The molecule has 45 heavy (non-hydrogen) atoms. The van der Waals surface area contributed by atoms with E-state index in [-0.39, 0.29) is 23.5 Å². The van der Waals surface area contributed by atoms with Gasteiger partial charge in [-0.1, -0.05) is 0 Å². The number of sulfonamides is 1. The van der Waals surface area contributed by atoms with E-state index in [1.54, 1.807) is 52.2 Å². The third-order valence-corrected chi connectivity index (χ3v) is 9.27. The first-order valence-electron chi connectivity index (χ1n) is 15.0. The SMILES string of the molecule is CCS(=O)(=O)Nc1ccc(Oc2c(C)cc(C(C)(C)O)cc2C)c(-c2cn(C)c(=O)cc2O[C@H]2CC[C@H](NC(=O)OC)CC2)c1. The highest BCUT2D eigenvalue weighted by Gasteiger charge is 2.26. The van der Waals surface area contributed by atoms with Gasteiger partial charge in [0.2, 0.25) is 10.0 Å². The third kappa shape index (κ3) is 8.37. The molecular weight excluding hydrogens is 598 g/mol. The highest BCUT2D eigenvalue weighted by atomic mass is 32.2. The molecule has 0 saturated heterocycles. The number of pyridine rings is 1. The quantitative estimate of drug-likeness (QED) is 0.263. The summed E-state index contributed by atoms with van der Waals surface area (Å²) in [6.45, 7) is 8.79. The van der Waals surface area contributed by atoms with Crippen LogP contribution in [-0.4, -0.2) is 49.2 Å². The zero-order valence-electron chi connectivity index (χ0n) is 26.9. The molecule has 4 rings (SSSR count). The first-order chi connectivity index (χ1) is 21.1. The number of carbonyl (C=O) groups is 1. The number of hydrogen-bond acceptors (Lipinski definition) is 8. The van der Waals surface area contributed by atoms with Crippen LogP contribution in [0.25, 0.3) is 11.1 Å². The van der Waals surface area contributed by atoms with Crippen molar-refractivity contribution >= 4 is 21.8 Å². The lowest BCUT2D eigenvalue weighted by Crippen LogP contribution is -2.39. The molecule has 3 N–H and O–H groups in total. The number of aromatic nitrogens is 1. The summed E-state index contributed by atoms with van der Waals surface area (Å²) in [7, 11) is -0.618. The van der Waals surface area contributed by atoms with Crippen LogP contribution in [0.15, 0.2) is 47.4 Å². The van der Waals surface area contributed by atoms with Crippen molar-refractivity contribution in [3.63, 3.8) is 0 Å². The summed E-state index contributed by atoms with van der Waals surface area (Å²) in [5.74, 6) is 1.25. The van der Waals surface area contributed by atoms with Crippen LogP contribution in [0.5, 0.6) is 17.2 Å². The van der Waals surface area contributed by atoms with Crippen molar-refractivity contribution in [1.82, 2.24) is 9.88 Å². The first kappa shape index (κ1) is 33.9. The van der Waals surface area contributed by atoms with Gasteiger partial charge in [0.25, 0.3) is 5.56 Å². The number of nitrogens with zero attached hydrogens (tertiary/aromatic N) is 1. The minimum atomic E-state index is -3.58. The van der Waals surface area contributed by atoms with Crippen LogP contribution in [0.4, 0.5) is 10.5 Å². The summed E-state index contributed by atoms with van der Waals surface area (Å²) in [6.07, 6.45) is 3.63. The highest BCUT2D eigenvalue weighted by Crippen LogP contribution is 2.42. The van der Waals surface area contributed by atoms with Gasteiger partial charge < -0.3 is 29.2 Å². The van der Waals surface area contributed by atoms with E-state index in [1.165, 1.54) is 17.7 Å². The zero-order chi connectivity index (χ0) is 33.1. The molecule has 2 aromatic carbocycles. The Labute approximate surface area is 264 Å². The van der Waals surface area contributed by atoms with Gasteiger partial charge in [0.15, 0.2) is 0 Å². The van der Waals surface area contributed by atoms with Crippen molar-refractivity contribution in [2.75, 3.05) is 17.6 Å². The van der Waals surface area contributed by atoms with Gasteiger partial charge in [0.05, 0.1) is 24.6 Å². The molecule has 0 aliphatic heterocycles. The molecule has 0 bridgehead atoms. The average molecular weight is 642 g/mol. The van der Waals surface area contributed by atoms with Crippen LogP contribution in [0.2, 0.25) is 0 Å². The topological polar surface area (TPSA) is 145 Å². The lowest BCUT2D eigenvalue weighted by Gasteiger charge is -2.30. The average Bonchev–Trinajstić information content (AvgIpc) is 2.97. The maximum Gasteiger partial charge on any atom is 0.407 e. The van der Waals surface area contributed by atoms with Crippen LogP contribution >= 0.6 is 0 Å². The van der Waals surface area contributed by atoms with Crippen molar-refractivity contribution in [3.8, 4) is 28.4 Å². The Hall–Kier alpha value is -4.03. The van der Waals surface area contributed by atoms with Crippen LogP contribution in [-0.2, 0) is 27.4 Å². The van der Waals surface area contributed by atoms with E-state index in [0.717, 1.165) is 16.7 Å². The second kappa shape index (κ2) is 13.5. The van der Waals surface area contributed by atoms with Gasteiger partial charge >= 0.3 is 6.09 Å². The number of methoxy groups -OCH3 is 1. The van der Waals surface area contributed by atoms with Crippen LogP contribution < -0.4 is 25.1 Å². The maximum atomic E-state index is 12.8. The molecular formula is C33H43N3O8S. The second-order valence-corrected chi connectivity index (χ2v) is 14.1. The van der Waals surface area contributed by atoms with Gasteiger partial charge in [-0.25, -0.2) is 13.2 Å². The minimum absolute atomic E-state index is 0.0297. The summed E-state index contributed by atoms with van der Waals surface area (Å²) in [6, 6.07) is 10.1. The van der Waals surface area contributed by atoms with Crippen molar-refractivity contribution in [2.45, 2.75) is 78.0 Å². The summed E-state index contributed by atoms with van der Waals surface area (Å²) in [5.41, 5.74) is 2.46. The normalized spacial score (nSPS) is 17.0. The van der Waals surface area contributed by atoms with Gasteiger partial charge in [-0.05, 0) is 107 Å². The molecule has 1 aliphatic rings. The number of carbonyl (C=O) groups excluding carboxylic acids is 1. The molecule has 12 heteroatoms. The molecule has 3 aromatic rings. The number of benzene rings is 2. The number of rotatable bonds is 10. The summed E-state index contributed by atoms with van der Waals surface area (Å²) < 4.78 is 46.7. The number of ether oxygens (including phenoxy) is 3. The Morgan fingerprint density at radius 2 is 1.67 bits per heavy atom. The molecule has 0 unspecified atom stereocenters. The Morgan fingerprint density at radius 3 is 2.24 bits per heavy atom. The van der Waals surface area contributed by atoms with E-state index in [1.807, 2.05) is 26.0 Å². The standard InChI is InChI=1S/C33H43N3O8S/c1-8-45(40,41)35-24-11-14-28(44-31-20(2)15-22(16-21(31)3)33(4,5)39)26(17-24)27-19-36(6)30(37)18-29(27)43-25-12-9-23(10-13-25)34-32(38)42-7/h11,14-19,23,25,35,39H,8-10,12-13H2,1-7H3,(H,34,38)/t23-,25-. The Morgan fingerprint density at radius 1 is 1.02 bits per heavy atom. The van der Waals surface area contributed by atoms with Crippen LogP contribution in [0.1, 0.15) is 63.1 Å². The smallest absolute Gasteiger partial charge is 0.407 e. The molecule has 1 heterocycles. The molecule has 244 valence electrons. The Kier molecular flexibility index (Phi) is 10.2. The fraction of sp³-hybridized carbons (Fsp3) is 0.455. The number of hydrogen-bond donors (Lipinski definition) is 3. The Bertz CT molecular complexity index is 1700. The van der Waals surface area contributed by atoms with E-state index in [0.29, 0.717) is 59.7 Å². The maximum absolute atomic E-state index is 12.8. The zero-order valence-corrected chi connectivity index (χ0v) is 27.7. The summed E-state index contributed by atoms with van der Waals surface area (Å²) in [4.78, 5) is 24.5. The number of aliphatic hydroxyl groups is 1. The number of nitrogens with one attached hydrogen (secondary N) is 2. The third-order valence-electron chi connectivity index (χ3n) is 7.97. The van der Waals surface area contributed by atoms with Crippen molar-refractivity contribution in [1.29, 1.82) is 0 Å². The number of amides is 1. The van der Waals surface area contributed by atoms with Gasteiger partial charge in [-0.15, -0.1) is 0 Å². The van der Waals surface area contributed by atoms with Gasteiger partial charge in [0, 0.05) is 42.2 Å². The second-order valence-electron chi connectivity index (χ2n) is 12.0. The molecule has 0 radical (unpaired) electrons. The van der Waals surface area contributed by atoms with Gasteiger partial charge in [-0.3, -0.25) is 9.52 Å². The fourth-order valence-electron chi connectivity index (χ4n) is 5.36. The predicted octanol–water partition coefficient (Wildman–Crippen LogP) is 5.50.